The summed E-state index contributed by atoms with van der Waals surface area (Å²) < 4.78 is 27.6. The Morgan fingerprint density at radius 2 is 0.874 bits per heavy atom. The molecule has 6 aromatic heterocycles. The molecule has 0 unspecified atom stereocenters. The lowest BCUT2D eigenvalue weighted by atomic mass is 10.2. The zero-order chi connectivity index (χ0) is 71.7. The van der Waals surface area contributed by atoms with E-state index in [-0.39, 0.29) is 40.8 Å². The minimum atomic E-state index is -0.339. The van der Waals surface area contributed by atoms with Crippen molar-refractivity contribution in [2.24, 2.45) is 0 Å². The molecule has 0 aliphatic carbocycles. The second-order valence-electron chi connectivity index (χ2n) is 23.8. The van der Waals surface area contributed by atoms with Crippen LogP contribution in [0.5, 0.6) is 34.5 Å². The molecular formula is C81H65ClN12O9. The zero-order valence-electron chi connectivity index (χ0n) is 55.7. The Balaban J connectivity index is 0.000000138. The van der Waals surface area contributed by atoms with E-state index >= 15 is 0 Å². The Morgan fingerprint density at radius 3 is 1.40 bits per heavy atom. The smallest absolute Gasteiger partial charge is 0.338 e. The van der Waals surface area contributed by atoms with Crippen LogP contribution < -0.4 is 41.9 Å². The van der Waals surface area contributed by atoms with Crippen molar-refractivity contribution in [3.05, 3.63) is 335 Å². The van der Waals surface area contributed by atoms with Crippen molar-refractivity contribution in [2.45, 2.75) is 26.3 Å². The Kier molecular flexibility index (Phi) is 19.9. The summed E-state index contributed by atoms with van der Waals surface area (Å²) in [5, 5.41) is 5.81. The Bertz CT molecular complexity index is 5770. The molecule has 510 valence electrons. The molecule has 0 saturated carbocycles. The monoisotopic (exact) mass is 1380 g/mol. The zero-order valence-corrected chi connectivity index (χ0v) is 56.5. The van der Waals surface area contributed by atoms with Gasteiger partial charge in [-0.25, -0.2) is 14.4 Å². The maximum atomic E-state index is 13.7. The summed E-state index contributed by atoms with van der Waals surface area (Å²) in [5.74, 6) is 3.14. The first-order valence-electron chi connectivity index (χ1n) is 32.6. The second-order valence-corrected chi connectivity index (χ2v) is 24.2. The number of carbonyl (C=O) groups is 3. The second kappa shape index (κ2) is 30.2. The number of imidazole rings is 3. The Morgan fingerprint density at radius 1 is 0.437 bits per heavy atom. The highest BCUT2D eigenvalue weighted by atomic mass is 35.5. The molecule has 1 atom stereocenters. The van der Waals surface area contributed by atoms with Crippen LogP contribution in [0.4, 0.5) is 11.4 Å². The number of ether oxygens (including phenoxy) is 3. The van der Waals surface area contributed by atoms with Crippen molar-refractivity contribution >= 4 is 73.8 Å². The summed E-state index contributed by atoms with van der Waals surface area (Å²) in [4.78, 5) is 91.0. The number of halogens is 1. The van der Waals surface area contributed by atoms with Gasteiger partial charge in [-0.05, 0) is 195 Å². The van der Waals surface area contributed by atoms with E-state index < -0.39 is 0 Å². The van der Waals surface area contributed by atoms with Crippen molar-refractivity contribution in [1.82, 2.24) is 47.3 Å². The van der Waals surface area contributed by atoms with E-state index in [9.17, 15) is 28.8 Å². The van der Waals surface area contributed by atoms with Crippen LogP contribution in [0.2, 0.25) is 5.02 Å². The number of nitrogens with zero attached hydrogens (tertiary/aromatic N) is 10. The molecule has 22 heteroatoms. The highest BCUT2D eigenvalue weighted by molar-refractivity contribution is 6.32. The number of fused-ring (bicyclic) bond motifs is 3. The third kappa shape index (κ3) is 14.7. The number of hydrogen-bond donors (Lipinski definition) is 2. The number of likely N-dealkylation sites (tertiary alicyclic amines) is 1. The predicted octanol–water partition coefficient (Wildman–Crippen LogP) is 15.4. The lowest BCUT2D eigenvalue weighted by Gasteiger charge is -2.15. The molecule has 1 aliphatic heterocycles. The number of para-hydroxylation sites is 1. The number of carbonyl (C=O) groups excluding carboxylic acids is 3. The van der Waals surface area contributed by atoms with Crippen LogP contribution in [0.25, 0.3) is 61.5 Å². The molecule has 1 saturated heterocycles. The largest absolute Gasteiger partial charge is 0.457 e. The molecule has 0 spiro atoms. The minimum absolute atomic E-state index is 0.100. The average molecular weight is 1390 g/mol. The normalized spacial score (nSPS) is 12.3. The van der Waals surface area contributed by atoms with Crippen LogP contribution in [-0.4, -0.2) is 78.1 Å². The van der Waals surface area contributed by atoms with Gasteiger partial charge in [0.25, 0.3) is 0 Å². The molecule has 1 fully saturated rings. The van der Waals surface area contributed by atoms with Gasteiger partial charge in [-0.2, -0.15) is 0 Å². The number of aromatic nitrogens is 9. The van der Waals surface area contributed by atoms with Gasteiger partial charge >= 0.3 is 17.1 Å². The number of nitrogens with one attached hydrogen (secondary N) is 2. The molecule has 0 bridgehead atoms. The van der Waals surface area contributed by atoms with Crippen molar-refractivity contribution in [2.75, 3.05) is 23.7 Å². The molecule has 1 aliphatic rings. The van der Waals surface area contributed by atoms with Crippen molar-refractivity contribution < 1.29 is 28.6 Å². The maximum Gasteiger partial charge on any atom is 0.338 e. The SMILES string of the molecule is C=CC(=O)N1CC[C@@H](n2c(=O)n(-c3ccc(Oc4cccc(C)c4)cc3)c3cnccc32)C1.C=CC(=O)Nc1cccc(-n2c(=O)n(-c3ccc(Oc4ccccc4)c(Cl)c3)c3cnccc32)c1.C=CC(=O)Nc1cccc(-n2c(=O)n(-c3cccc(Oc4cccc(C)c4)c3)c3cnccc32)c1. The molecule has 8 aromatic carbocycles. The van der Waals surface area contributed by atoms with Gasteiger partial charge in [0, 0.05) is 49.1 Å². The number of hydrogen-bond acceptors (Lipinski definition) is 12. The summed E-state index contributed by atoms with van der Waals surface area (Å²) in [7, 11) is 0. The van der Waals surface area contributed by atoms with Crippen LogP contribution in [0.3, 0.4) is 0 Å². The van der Waals surface area contributed by atoms with E-state index in [2.05, 4.69) is 45.3 Å². The number of aryl methyl sites for hydroxylation is 2. The molecule has 3 amide bonds. The van der Waals surface area contributed by atoms with Crippen LogP contribution >= 0.6 is 11.6 Å². The maximum absolute atomic E-state index is 13.7. The van der Waals surface area contributed by atoms with E-state index in [1.165, 1.54) is 22.8 Å². The molecular weight excluding hydrogens is 1320 g/mol. The van der Waals surface area contributed by atoms with E-state index in [0.29, 0.717) is 104 Å². The van der Waals surface area contributed by atoms with Gasteiger partial charge in [-0.3, -0.25) is 56.7 Å². The number of benzene rings is 8. The predicted molar refractivity (Wildman–Crippen MR) is 401 cm³/mol. The summed E-state index contributed by atoms with van der Waals surface area (Å²) >= 11 is 6.53. The van der Waals surface area contributed by atoms with Gasteiger partial charge in [0.15, 0.2) is 0 Å². The fraction of sp³-hybridized carbons (Fsp3) is 0.0741. The van der Waals surface area contributed by atoms with Crippen LogP contribution in [0, 0.1) is 13.8 Å². The summed E-state index contributed by atoms with van der Waals surface area (Å²) in [6, 6.07) is 64.3. The van der Waals surface area contributed by atoms with Crippen molar-refractivity contribution in [3.8, 4) is 62.9 Å². The quantitative estimate of drug-likeness (QED) is 0.0812. The van der Waals surface area contributed by atoms with Gasteiger partial charge in [0.2, 0.25) is 17.7 Å². The number of rotatable bonds is 17. The standard InChI is InChI=1S/C28H22N4O3.C27H19ClN4O3.C26H24N4O3/c1-3-27(33)30-20-8-5-9-21(16-20)31-25-13-14-29-18-26(25)32(28(31)34)22-10-6-12-24(17-22)35-23-11-4-7-19(2)15-23;1-2-26(33)30-18-7-6-8-19(15-18)31-23-13-14-29-17-24(23)32(27(31)34)20-11-12-25(22(28)16-20)35-21-9-4-3-5-10-21;1-3-25(31)28-14-12-20(17-28)30-23-11-13-27-16-24(23)29(26(30)32)19-7-9-21(10-8-19)33-22-6-4-5-18(2)15-22/h3-18H,1H2,2H3,(H,30,33);2-17H,1H2,(H,30,33);3-11,13,15-16,20H,1,12,14,17H2,2H3/t;;20-/m..1/s1. The fourth-order valence-corrected chi connectivity index (χ4v) is 12.4. The van der Waals surface area contributed by atoms with Crippen LogP contribution in [0.15, 0.2) is 302 Å². The van der Waals surface area contributed by atoms with Crippen molar-refractivity contribution in [1.29, 1.82) is 0 Å². The van der Waals surface area contributed by atoms with E-state index in [1.54, 1.807) is 138 Å². The Labute approximate surface area is 594 Å². The first-order valence-corrected chi connectivity index (χ1v) is 32.9. The Hall–Kier alpha value is -13.7. The third-order valence-electron chi connectivity index (χ3n) is 16.9. The highest BCUT2D eigenvalue weighted by Crippen LogP contribution is 2.34. The molecule has 14 aromatic rings. The molecule has 2 N–H and O–H groups in total. The minimum Gasteiger partial charge on any atom is -0.457 e. The molecule has 21 nitrogen and oxygen atoms in total. The molecule has 0 radical (unpaired) electrons. The lowest BCUT2D eigenvalue weighted by Crippen LogP contribution is -2.31. The number of amides is 3. The van der Waals surface area contributed by atoms with Gasteiger partial charge < -0.3 is 29.7 Å². The first-order chi connectivity index (χ1) is 50.1. The van der Waals surface area contributed by atoms with Crippen molar-refractivity contribution in [3.63, 3.8) is 0 Å². The lowest BCUT2D eigenvalue weighted by molar-refractivity contribution is -0.125. The van der Waals surface area contributed by atoms with Gasteiger partial charge in [-0.15, -0.1) is 0 Å². The fourth-order valence-electron chi connectivity index (χ4n) is 12.2. The summed E-state index contributed by atoms with van der Waals surface area (Å²) in [6.07, 6.45) is 14.3. The van der Waals surface area contributed by atoms with Crippen LogP contribution in [-0.2, 0) is 14.4 Å². The summed E-state index contributed by atoms with van der Waals surface area (Å²) in [6.45, 7) is 15.6. The van der Waals surface area contributed by atoms with Gasteiger partial charge in [0.05, 0.1) is 91.2 Å². The highest BCUT2D eigenvalue weighted by Gasteiger charge is 2.30. The number of pyridine rings is 3. The van der Waals surface area contributed by atoms with Crippen LogP contribution in [0.1, 0.15) is 23.6 Å². The topological polar surface area (TPSA) is 226 Å². The van der Waals surface area contributed by atoms with E-state index in [1.807, 2.05) is 153 Å². The average Bonchev–Trinajstić information content (AvgIpc) is 1.61. The first kappa shape index (κ1) is 67.9. The van der Waals surface area contributed by atoms with Gasteiger partial charge in [0.1, 0.15) is 34.5 Å². The number of anilines is 2. The van der Waals surface area contributed by atoms with Gasteiger partial charge in [-0.1, -0.05) is 92.0 Å². The summed E-state index contributed by atoms with van der Waals surface area (Å²) in [5.41, 5.74) is 9.82. The van der Waals surface area contributed by atoms with E-state index in [0.717, 1.165) is 39.3 Å². The third-order valence-corrected chi connectivity index (χ3v) is 17.2. The molecule has 7 heterocycles. The molecule has 103 heavy (non-hydrogen) atoms. The molecule has 15 rings (SSSR count). The van der Waals surface area contributed by atoms with E-state index in [4.69, 9.17) is 25.8 Å².